The number of carbonyl (C=O) groups is 1. The average Bonchev–Trinajstić information content (AvgIpc) is 2.60. The van der Waals surface area contributed by atoms with Gasteiger partial charge in [-0.15, -0.1) is 0 Å². The summed E-state index contributed by atoms with van der Waals surface area (Å²) in [6.45, 7) is 1.72. The van der Waals surface area contributed by atoms with Crippen molar-refractivity contribution in [2.24, 2.45) is 0 Å². The number of aromatic nitrogens is 2. The first-order valence-electron chi connectivity index (χ1n) is 7.78. The SMILES string of the molecule is COC(=O)c1ccc2c(=O)n(C[C@@H](C)O)c(SCCCC#N)nc2c1. The minimum atomic E-state index is -0.704. The maximum absolute atomic E-state index is 12.8. The molecule has 1 heterocycles. The van der Waals surface area contributed by atoms with Crippen molar-refractivity contribution in [3.05, 3.63) is 34.1 Å². The maximum Gasteiger partial charge on any atom is 0.337 e. The molecular formula is C17H19N3O4S. The standard InChI is InChI=1S/C17H19N3O4S/c1-11(21)10-20-15(22)13-6-5-12(16(23)24-2)9-14(13)19-17(20)25-8-4-3-7-18/h5-6,9,11,21H,3-4,8,10H2,1-2H3/t11-/m1/s1. The van der Waals surface area contributed by atoms with E-state index in [0.29, 0.717) is 40.2 Å². The molecule has 1 N–H and O–H groups in total. The summed E-state index contributed by atoms with van der Waals surface area (Å²) in [7, 11) is 1.29. The van der Waals surface area contributed by atoms with Gasteiger partial charge in [-0.05, 0) is 31.5 Å². The summed E-state index contributed by atoms with van der Waals surface area (Å²) >= 11 is 1.35. The van der Waals surface area contributed by atoms with Crippen LogP contribution in [0.25, 0.3) is 10.9 Å². The Bertz CT molecular complexity index is 871. The van der Waals surface area contributed by atoms with Crippen LogP contribution in [0.4, 0.5) is 0 Å². The smallest absolute Gasteiger partial charge is 0.337 e. The van der Waals surface area contributed by atoms with Crippen LogP contribution in [0, 0.1) is 11.3 Å². The number of nitriles is 1. The summed E-state index contributed by atoms with van der Waals surface area (Å²) < 4.78 is 6.13. The number of nitrogens with zero attached hydrogens (tertiary/aromatic N) is 3. The number of rotatable bonds is 7. The van der Waals surface area contributed by atoms with Gasteiger partial charge >= 0.3 is 5.97 Å². The number of aliphatic hydroxyl groups is 1. The van der Waals surface area contributed by atoms with E-state index in [1.807, 2.05) is 0 Å². The number of methoxy groups -OCH3 is 1. The van der Waals surface area contributed by atoms with Crippen LogP contribution in [0.5, 0.6) is 0 Å². The molecular weight excluding hydrogens is 342 g/mol. The number of unbranched alkanes of at least 4 members (excludes halogenated alkanes) is 1. The second kappa shape index (κ2) is 8.65. The van der Waals surface area contributed by atoms with Gasteiger partial charge < -0.3 is 9.84 Å². The molecule has 2 rings (SSSR count). The second-order valence-electron chi connectivity index (χ2n) is 5.49. The number of esters is 1. The predicted octanol–water partition coefficient (Wildman–Crippen LogP) is 1.96. The number of ether oxygens (including phenoxy) is 1. The average molecular weight is 361 g/mol. The number of thioether (sulfide) groups is 1. The Morgan fingerprint density at radius 3 is 2.92 bits per heavy atom. The normalized spacial score (nSPS) is 11.9. The van der Waals surface area contributed by atoms with E-state index < -0.39 is 12.1 Å². The lowest BCUT2D eigenvalue weighted by atomic mass is 10.1. The van der Waals surface area contributed by atoms with Crippen LogP contribution in [-0.2, 0) is 11.3 Å². The monoisotopic (exact) mass is 361 g/mol. The maximum atomic E-state index is 12.8. The van der Waals surface area contributed by atoms with Crippen molar-refractivity contribution in [2.75, 3.05) is 12.9 Å². The Balaban J connectivity index is 2.51. The molecule has 0 saturated heterocycles. The van der Waals surface area contributed by atoms with Crippen molar-refractivity contribution in [3.8, 4) is 6.07 Å². The topological polar surface area (TPSA) is 105 Å². The zero-order valence-electron chi connectivity index (χ0n) is 14.1. The zero-order chi connectivity index (χ0) is 18.4. The van der Waals surface area contributed by atoms with Crippen LogP contribution in [0.3, 0.4) is 0 Å². The molecule has 1 aromatic carbocycles. The molecule has 0 unspecified atom stereocenters. The highest BCUT2D eigenvalue weighted by Crippen LogP contribution is 2.20. The van der Waals surface area contributed by atoms with Crippen molar-refractivity contribution in [3.63, 3.8) is 0 Å². The third-order valence-electron chi connectivity index (χ3n) is 3.45. The van der Waals surface area contributed by atoms with Crippen molar-refractivity contribution in [1.82, 2.24) is 9.55 Å². The summed E-state index contributed by atoms with van der Waals surface area (Å²) in [4.78, 5) is 28.9. The first-order valence-corrected chi connectivity index (χ1v) is 8.77. The van der Waals surface area contributed by atoms with E-state index in [1.54, 1.807) is 13.0 Å². The van der Waals surface area contributed by atoms with Crippen LogP contribution in [-0.4, -0.2) is 39.6 Å². The van der Waals surface area contributed by atoms with E-state index in [-0.39, 0.29) is 12.1 Å². The van der Waals surface area contributed by atoms with E-state index in [2.05, 4.69) is 11.1 Å². The largest absolute Gasteiger partial charge is 0.465 e. The van der Waals surface area contributed by atoms with E-state index in [0.717, 1.165) is 0 Å². The van der Waals surface area contributed by atoms with Crippen LogP contribution < -0.4 is 5.56 Å². The lowest BCUT2D eigenvalue weighted by Crippen LogP contribution is -2.28. The Kier molecular flexibility index (Phi) is 6.56. The van der Waals surface area contributed by atoms with E-state index in [1.165, 1.54) is 35.6 Å². The molecule has 8 heteroatoms. The summed E-state index contributed by atoms with van der Waals surface area (Å²) in [5, 5.41) is 19.1. The van der Waals surface area contributed by atoms with Gasteiger partial charge in [0.25, 0.3) is 5.56 Å². The molecule has 0 amide bonds. The van der Waals surface area contributed by atoms with Gasteiger partial charge in [-0.2, -0.15) is 5.26 Å². The van der Waals surface area contributed by atoms with E-state index in [4.69, 9.17) is 10.00 Å². The fourth-order valence-corrected chi connectivity index (χ4v) is 3.24. The molecule has 1 aromatic heterocycles. The second-order valence-corrected chi connectivity index (χ2v) is 6.55. The molecule has 0 aliphatic rings. The first kappa shape index (κ1) is 19.0. The predicted molar refractivity (Wildman–Crippen MR) is 94.6 cm³/mol. The zero-order valence-corrected chi connectivity index (χ0v) is 14.9. The van der Waals surface area contributed by atoms with E-state index >= 15 is 0 Å². The van der Waals surface area contributed by atoms with Crippen molar-refractivity contribution >= 4 is 28.6 Å². The summed E-state index contributed by atoms with van der Waals surface area (Å²) in [6, 6.07) is 6.66. The molecule has 1 atom stereocenters. The fraction of sp³-hybridized carbons (Fsp3) is 0.412. The summed E-state index contributed by atoms with van der Waals surface area (Å²) in [5.41, 5.74) is 0.443. The van der Waals surface area contributed by atoms with Gasteiger partial charge in [0, 0.05) is 12.2 Å². The molecule has 7 nitrogen and oxygen atoms in total. The molecule has 0 aliphatic heterocycles. The van der Waals surface area contributed by atoms with Crippen molar-refractivity contribution in [1.29, 1.82) is 5.26 Å². The molecule has 25 heavy (non-hydrogen) atoms. The van der Waals surface area contributed by atoms with Gasteiger partial charge in [-0.3, -0.25) is 9.36 Å². The highest BCUT2D eigenvalue weighted by molar-refractivity contribution is 7.99. The van der Waals surface area contributed by atoms with Gasteiger partial charge in [-0.25, -0.2) is 9.78 Å². The minimum Gasteiger partial charge on any atom is -0.465 e. The number of hydrogen-bond acceptors (Lipinski definition) is 7. The molecule has 0 radical (unpaired) electrons. The Labute approximate surface area is 149 Å². The number of benzene rings is 1. The third-order valence-corrected chi connectivity index (χ3v) is 4.51. The molecule has 2 aromatic rings. The van der Waals surface area contributed by atoms with Crippen LogP contribution in [0.1, 0.15) is 30.1 Å². The molecule has 0 bridgehead atoms. The molecule has 132 valence electrons. The van der Waals surface area contributed by atoms with Crippen LogP contribution >= 0.6 is 11.8 Å². The van der Waals surface area contributed by atoms with Crippen molar-refractivity contribution in [2.45, 2.75) is 37.6 Å². The number of fused-ring (bicyclic) bond motifs is 1. The summed E-state index contributed by atoms with van der Waals surface area (Å²) in [5.74, 6) is 0.127. The highest BCUT2D eigenvalue weighted by Gasteiger charge is 2.15. The van der Waals surface area contributed by atoms with Gasteiger partial charge in [0.2, 0.25) is 0 Å². The Morgan fingerprint density at radius 2 is 2.28 bits per heavy atom. The molecule has 0 aliphatic carbocycles. The Morgan fingerprint density at radius 1 is 1.52 bits per heavy atom. The van der Waals surface area contributed by atoms with Crippen LogP contribution in [0.2, 0.25) is 0 Å². The van der Waals surface area contributed by atoms with Gasteiger partial charge in [0.1, 0.15) is 0 Å². The quantitative estimate of drug-likeness (QED) is 0.348. The molecule has 0 fully saturated rings. The lowest BCUT2D eigenvalue weighted by Gasteiger charge is -2.14. The summed E-state index contributed by atoms with van der Waals surface area (Å²) in [6.07, 6.45) is 0.393. The Hall–Kier alpha value is -2.37. The number of carbonyl (C=O) groups excluding carboxylic acids is 1. The lowest BCUT2D eigenvalue weighted by molar-refractivity contribution is 0.0601. The first-order chi connectivity index (χ1) is 12.0. The highest BCUT2D eigenvalue weighted by atomic mass is 32.2. The minimum absolute atomic E-state index is 0.126. The fourth-order valence-electron chi connectivity index (χ4n) is 2.30. The van der Waals surface area contributed by atoms with Gasteiger partial charge in [-0.1, -0.05) is 11.8 Å². The molecule has 0 saturated carbocycles. The third kappa shape index (κ3) is 4.59. The van der Waals surface area contributed by atoms with Crippen LogP contribution in [0.15, 0.2) is 28.2 Å². The van der Waals surface area contributed by atoms with Crippen molar-refractivity contribution < 1.29 is 14.6 Å². The van der Waals surface area contributed by atoms with Gasteiger partial charge in [0.05, 0.1) is 42.3 Å². The molecule has 0 spiro atoms. The van der Waals surface area contributed by atoms with Gasteiger partial charge in [0.15, 0.2) is 5.16 Å². The van der Waals surface area contributed by atoms with E-state index in [9.17, 15) is 14.7 Å². The number of hydrogen-bond donors (Lipinski definition) is 1. The number of aliphatic hydroxyl groups excluding tert-OH is 1.